The summed E-state index contributed by atoms with van der Waals surface area (Å²) in [6.45, 7) is 7.23. The van der Waals surface area contributed by atoms with Gasteiger partial charge in [-0.1, -0.05) is 51.1 Å². The third-order valence-corrected chi connectivity index (χ3v) is 4.33. The van der Waals surface area contributed by atoms with Crippen molar-refractivity contribution >= 4 is 5.91 Å². The molecule has 3 heteroatoms. The van der Waals surface area contributed by atoms with Crippen LogP contribution >= 0.6 is 0 Å². The van der Waals surface area contributed by atoms with E-state index in [-0.39, 0.29) is 11.3 Å². The Labute approximate surface area is 116 Å². The van der Waals surface area contributed by atoms with E-state index in [2.05, 4.69) is 26.1 Å². The average Bonchev–Trinajstić information content (AvgIpc) is 2.49. The summed E-state index contributed by atoms with van der Waals surface area (Å²) < 4.78 is 0. The maximum Gasteiger partial charge on any atom is 0.241 e. The van der Waals surface area contributed by atoms with Crippen LogP contribution in [0.5, 0.6) is 0 Å². The van der Waals surface area contributed by atoms with Gasteiger partial charge in [-0.15, -0.1) is 0 Å². The molecule has 1 rings (SSSR count). The Hall–Kier alpha value is -1.35. The Morgan fingerprint density at radius 1 is 1.16 bits per heavy atom. The molecule has 0 radical (unpaired) electrons. The van der Waals surface area contributed by atoms with Crippen molar-refractivity contribution in [2.24, 2.45) is 11.1 Å². The SMILES string of the molecule is CCC(CC)(CC)CNC(=O)C(N)c1ccccc1. The van der Waals surface area contributed by atoms with E-state index < -0.39 is 6.04 Å². The summed E-state index contributed by atoms with van der Waals surface area (Å²) in [7, 11) is 0. The molecule has 0 heterocycles. The minimum Gasteiger partial charge on any atom is -0.354 e. The molecule has 106 valence electrons. The van der Waals surface area contributed by atoms with Crippen LogP contribution in [0.2, 0.25) is 0 Å². The van der Waals surface area contributed by atoms with Gasteiger partial charge in [-0.3, -0.25) is 4.79 Å². The third-order valence-electron chi connectivity index (χ3n) is 4.33. The fraction of sp³-hybridized carbons (Fsp3) is 0.562. The van der Waals surface area contributed by atoms with Gasteiger partial charge < -0.3 is 11.1 Å². The van der Waals surface area contributed by atoms with Crippen molar-refractivity contribution in [3.8, 4) is 0 Å². The van der Waals surface area contributed by atoms with E-state index >= 15 is 0 Å². The molecule has 1 atom stereocenters. The Bertz CT molecular complexity index is 377. The van der Waals surface area contributed by atoms with Crippen LogP contribution in [-0.4, -0.2) is 12.5 Å². The lowest BCUT2D eigenvalue weighted by atomic mass is 9.80. The van der Waals surface area contributed by atoms with Crippen molar-refractivity contribution in [2.45, 2.75) is 46.1 Å². The van der Waals surface area contributed by atoms with E-state index in [1.54, 1.807) is 0 Å². The summed E-state index contributed by atoms with van der Waals surface area (Å²) in [4.78, 5) is 12.1. The lowest BCUT2D eigenvalue weighted by Gasteiger charge is -2.31. The minimum atomic E-state index is -0.579. The lowest BCUT2D eigenvalue weighted by molar-refractivity contribution is -0.123. The first kappa shape index (κ1) is 15.7. The third kappa shape index (κ3) is 4.06. The summed E-state index contributed by atoms with van der Waals surface area (Å²) >= 11 is 0. The molecule has 19 heavy (non-hydrogen) atoms. The zero-order valence-corrected chi connectivity index (χ0v) is 12.3. The molecular weight excluding hydrogens is 236 g/mol. The molecule has 0 aliphatic carbocycles. The highest BCUT2D eigenvalue weighted by Crippen LogP contribution is 2.29. The summed E-state index contributed by atoms with van der Waals surface area (Å²) in [6, 6.07) is 8.91. The van der Waals surface area contributed by atoms with Gasteiger partial charge in [0.15, 0.2) is 0 Å². The zero-order chi connectivity index (χ0) is 14.3. The van der Waals surface area contributed by atoms with E-state index in [9.17, 15) is 4.79 Å². The number of nitrogens with one attached hydrogen (secondary N) is 1. The first-order valence-electron chi connectivity index (χ1n) is 7.16. The Morgan fingerprint density at radius 3 is 2.16 bits per heavy atom. The van der Waals surface area contributed by atoms with Crippen molar-refractivity contribution < 1.29 is 4.79 Å². The van der Waals surface area contributed by atoms with Gasteiger partial charge in [-0.2, -0.15) is 0 Å². The highest BCUT2D eigenvalue weighted by Gasteiger charge is 2.25. The van der Waals surface area contributed by atoms with Crippen LogP contribution in [0, 0.1) is 5.41 Å². The second kappa shape index (κ2) is 7.29. The van der Waals surface area contributed by atoms with Crippen LogP contribution in [0.25, 0.3) is 0 Å². The molecule has 3 nitrogen and oxygen atoms in total. The standard InChI is InChI=1S/C16H26N2O/c1-4-16(5-2,6-3)12-18-15(19)14(17)13-10-8-7-9-11-13/h7-11,14H,4-6,12,17H2,1-3H3,(H,18,19). The Kier molecular flexibility index (Phi) is 6.03. The predicted octanol–water partition coefficient (Wildman–Crippen LogP) is 3.02. The summed E-state index contributed by atoms with van der Waals surface area (Å²) in [5.41, 5.74) is 7.04. The number of carbonyl (C=O) groups excluding carboxylic acids is 1. The molecule has 0 saturated heterocycles. The van der Waals surface area contributed by atoms with E-state index in [0.717, 1.165) is 24.8 Å². The van der Waals surface area contributed by atoms with Gasteiger partial charge in [0.25, 0.3) is 0 Å². The van der Waals surface area contributed by atoms with E-state index in [0.29, 0.717) is 6.54 Å². The number of hydrogen-bond donors (Lipinski definition) is 2. The number of amides is 1. The monoisotopic (exact) mass is 262 g/mol. The number of carbonyl (C=O) groups is 1. The van der Waals surface area contributed by atoms with Crippen LogP contribution < -0.4 is 11.1 Å². The lowest BCUT2D eigenvalue weighted by Crippen LogP contribution is -2.41. The van der Waals surface area contributed by atoms with Gasteiger partial charge in [0.05, 0.1) is 0 Å². The normalized spacial score (nSPS) is 13.1. The first-order valence-corrected chi connectivity index (χ1v) is 7.16. The number of benzene rings is 1. The van der Waals surface area contributed by atoms with Gasteiger partial charge in [0.2, 0.25) is 5.91 Å². The Morgan fingerprint density at radius 2 is 1.68 bits per heavy atom. The van der Waals surface area contributed by atoms with Gasteiger partial charge in [-0.05, 0) is 30.2 Å². The van der Waals surface area contributed by atoms with Crippen LogP contribution in [-0.2, 0) is 4.79 Å². The largest absolute Gasteiger partial charge is 0.354 e. The summed E-state index contributed by atoms with van der Waals surface area (Å²) in [5.74, 6) is -0.0917. The molecular formula is C16H26N2O. The molecule has 0 fully saturated rings. The fourth-order valence-corrected chi connectivity index (χ4v) is 2.32. The molecule has 0 aliphatic rings. The minimum absolute atomic E-state index is 0.0917. The molecule has 1 aromatic carbocycles. The zero-order valence-electron chi connectivity index (χ0n) is 12.3. The van der Waals surface area contributed by atoms with Crippen molar-refractivity contribution in [1.82, 2.24) is 5.32 Å². The smallest absolute Gasteiger partial charge is 0.241 e. The Balaban J connectivity index is 2.60. The molecule has 1 unspecified atom stereocenters. The maximum atomic E-state index is 12.1. The van der Waals surface area contributed by atoms with E-state index in [1.807, 2.05) is 30.3 Å². The molecule has 0 bridgehead atoms. The molecule has 0 aliphatic heterocycles. The highest BCUT2D eigenvalue weighted by molar-refractivity contribution is 5.82. The van der Waals surface area contributed by atoms with Crippen molar-refractivity contribution in [3.63, 3.8) is 0 Å². The van der Waals surface area contributed by atoms with Gasteiger partial charge in [-0.25, -0.2) is 0 Å². The second-order valence-electron chi connectivity index (χ2n) is 5.17. The van der Waals surface area contributed by atoms with E-state index in [1.165, 1.54) is 0 Å². The summed E-state index contributed by atoms with van der Waals surface area (Å²) in [5, 5.41) is 3.01. The predicted molar refractivity (Wildman–Crippen MR) is 79.7 cm³/mol. The second-order valence-corrected chi connectivity index (χ2v) is 5.17. The summed E-state index contributed by atoms with van der Waals surface area (Å²) in [6.07, 6.45) is 3.21. The molecule has 0 spiro atoms. The highest BCUT2D eigenvalue weighted by atomic mass is 16.2. The van der Waals surface area contributed by atoms with Crippen LogP contribution in [0.1, 0.15) is 51.6 Å². The van der Waals surface area contributed by atoms with E-state index in [4.69, 9.17) is 5.73 Å². The molecule has 0 aromatic heterocycles. The number of nitrogens with two attached hydrogens (primary N) is 1. The average molecular weight is 262 g/mol. The number of hydrogen-bond acceptors (Lipinski definition) is 2. The van der Waals surface area contributed by atoms with Gasteiger partial charge in [0, 0.05) is 6.54 Å². The first-order chi connectivity index (χ1) is 9.08. The van der Waals surface area contributed by atoms with Crippen LogP contribution in [0.4, 0.5) is 0 Å². The van der Waals surface area contributed by atoms with Crippen molar-refractivity contribution in [2.75, 3.05) is 6.54 Å². The van der Waals surface area contributed by atoms with Gasteiger partial charge in [0.1, 0.15) is 6.04 Å². The molecule has 0 saturated carbocycles. The van der Waals surface area contributed by atoms with Crippen LogP contribution in [0.3, 0.4) is 0 Å². The van der Waals surface area contributed by atoms with Crippen LogP contribution in [0.15, 0.2) is 30.3 Å². The molecule has 3 N–H and O–H groups in total. The van der Waals surface area contributed by atoms with Crippen molar-refractivity contribution in [1.29, 1.82) is 0 Å². The quantitative estimate of drug-likeness (QED) is 0.793. The number of rotatable bonds is 7. The topological polar surface area (TPSA) is 55.1 Å². The fourth-order valence-electron chi connectivity index (χ4n) is 2.32. The maximum absolute atomic E-state index is 12.1. The molecule has 1 aromatic rings. The molecule has 1 amide bonds. The van der Waals surface area contributed by atoms with Crippen molar-refractivity contribution in [3.05, 3.63) is 35.9 Å². The van der Waals surface area contributed by atoms with Gasteiger partial charge >= 0.3 is 0 Å².